The van der Waals surface area contributed by atoms with Gasteiger partial charge in [0.2, 0.25) is 0 Å². The van der Waals surface area contributed by atoms with Gasteiger partial charge in [0, 0.05) is 71.1 Å². The topological polar surface area (TPSA) is 129 Å². The summed E-state index contributed by atoms with van der Waals surface area (Å²) < 4.78 is 0. The lowest BCUT2D eigenvalue weighted by molar-refractivity contribution is 1.22. The number of rotatable bonds is 4. The molecule has 10 nitrogen and oxygen atoms in total. The SMILES string of the molecule is c1ccc(-c2ccc3ccc4cccnc4c3n2)nc1.c1ccc(-c2cccc(-c3ccccn3)n2)nc1.c1ccc(-c2ccccn2)nc1.c1cnc2c(c1)ccc1cccnc12. The molecule has 0 spiro atoms. The molecule has 2 aromatic carbocycles. The van der Waals surface area contributed by atoms with Crippen molar-refractivity contribution >= 4 is 43.6 Å². The van der Waals surface area contributed by atoms with Crippen LogP contribution in [0.15, 0.2) is 232 Å². The number of hydrogen-bond donors (Lipinski definition) is 0. The minimum absolute atomic E-state index is 0.860. The molecule has 0 unspecified atom stereocenters. The molecule has 0 aliphatic heterocycles. The van der Waals surface area contributed by atoms with Crippen LogP contribution in [0.2, 0.25) is 0 Å². The number of nitrogens with zero attached hydrogens (tertiary/aromatic N) is 10. The molecule has 64 heavy (non-hydrogen) atoms. The Balaban J connectivity index is 0.000000110. The molecule has 0 saturated heterocycles. The number of aromatic nitrogens is 10. The fourth-order valence-electron chi connectivity index (χ4n) is 6.84. The van der Waals surface area contributed by atoms with E-state index in [4.69, 9.17) is 4.98 Å². The molecule has 0 saturated carbocycles. The third-order valence-electron chi connectivity index (χ3n) is 9.90. The molecule has 0 bridgehead atoms. The average Bonchev–Trinajstić information content (AvgIpc) is 3.40. The van der Waals surface area contributed by atoms with Crippen molar-refractivity contribution < 1.29 is 0 Å². The van der Waals surface area contributed by atoms with Crippen LogP contribution in [0.1, 0.15) is 0 Å². The van der Waals surface area contributed by atoms with Crippen molar-refractivity contribution in [3.05, 3.63) is 232 Å². The number of benzene rings is 2. The van der Waals surface area contributed by atoms with E-state index in [1.165, 1.54) is 0 Å². The lowest BCUT2D eigenvalue weighted by atomic mass is 10.1. The summed E-state index contributed by atoms with van der Waals surface area (Å²) in [6, 6.07) is 59.3. The van der Waals surface area contributed by atoms with Gasteiger partial charge in [-0.3, -0.25) is 39.9 Å². The maximum atomic E-state index is 4.75. The first-order valence-corrected chi connectivity index (χ1v) is 20.5. The molecule has 0 aliphatic carbocycles. The highest BCUT2D eigenvalue weighted by atomic mass is 14.8. The first-order chi connectivity index (χ1) is 31.8. The van der Waals surface area contributed by atoms with Crippen LogP contribution in [-0.2, 0) is 0 Å². The van der Waals surface area contributed by atoms with E-state index in [-0.39, 0.29) is 0 Å². The van der Waals surface area contributed by atoms with Gasteiger partial charge >= 0.3 is 0 Å². The molecule has 12 aromatic rings. The van der Waals surface area contributed by atoms with Crippen molar-refractivity contribution in [2.24, 2.45) is 0 Å². The molecule has 304 valence electrons. The predicted molar refractivity (Wildman–Crippen MR) is 255 cm³/mol. The van der Waals surface area contributed by atoms with Crippen molar-refractivity contribution in [1.82, 2.24) is 49.8 Å². The van der Waals surface area contributed by atoms with Crippen LogP contribution in [0.3, 0.4) is 0 Å². The van der Waals surface area contributed by atoms with E-state index in [2.05, 4.69) is 93.4 Å². The quantitative estimate of drug-likeness (QED) is 0.158. The van der Waals surface area contributed by atoms with Crippen LogP contribution < -0.4 is 0 Å². The third kappa shape index (κ3) is 9.78. The van der Waals surface area contributed by atoms with Crippen LogP contribution in [0, 0.1) is 0 Å². The van der Waals surface area contributed by atoms with Gasteiger partial charge < -0.3 is 0 Å². The Morgan fingerprint density at radius 3 is 0.812 bits per heavy atom. The normalized spacial score (nSPS) is 10.5. The monoisotopic (exact) mass is 826 g/mol. The number of pyridine rings is 10. The zero-order valence-corrected chi connectivity index (χ0v) is 34.4. The van der Waals surface area contributed by atoms with Gasteiger partial charge in [-0.2, -0.15) is 0 Å². The van der Waals surface area contributed by atoms with E-state index in [9.17, 15) is 0 Å². The Labute approximate surface area is 369 Å². The summed E-state index contributed by atoms with van der Waals surface area (Å²) >= 11 is 0. The number of hydrogen-bond acceptors (Lipinski definition) is 10. The second-order valence-corrected chi connectivity index (χ2v) is 14.1. The first kappa shape index (κ1) is 40.4. The van der Waals surface area contributed by atoms with Crippen LogP contribution in [0.4, 0.5) is 0 Å². The lowest BCUT2D eigenvalue weighted by Gasteiger charge is -2.05. The number of fused-ring (bicyclic) bond motifs is 6. The minimum atomic E-state index is 0.860. The highest BCUT2D eigenvalue weighted by molar-refractivity contribution is 6.03. The van der Waals surface area contributed by atoms with E-state index in [1.54, 1.807) is 49.6 Å². The summed E-state index contributed by atoms with van der Waals surface area (Å²) in [6.45, 7) is 0. The first-order valence-electron chi connectivity index (χ1n) is 20.5. The van der Waals surface area contributed by atoms with Gasteiger partial charge in [-0.25, -0.2) is 9.97 Å². The summed E-state index contributed by atoms with van der Waals surface area (Å²) in [5.41, 5.74) is 10.9. The third-order valence-corrected chi connectivity index (χ3v) is 9.90. The molecule has 0 atom stereocenters. The summed E-state index contributed by atoms with van der Waals surface area (Å²) in [7, 11) is 0. The average molecular weight is 827 g/mol. The van der Waals surface area contributed by atoms with Gasteiger partial charge in [0.15, 0.2) is 0 Å². The molecule has 0 N–H and O–H groups in total. The van der Waals surface area contributed by atoms with E-state index >= 15 is 0 Å². The van der Waals surface area contributed by atoms with Gasteiger partial charge in [-0.15, -0.1) is 0 Å². The van der Waals surface area contributed by atoms with Gasteiger partial charge in [-0.05, 0) is 97.1 Å². The summed E-state index contributed by atoms with van der Waals surface area (Å²) in [6.07, 6.45) is 14.3. The second kappa shape index (κ2) is 20.0. The van der Waals surface area contributed by atoms with Crippen molar-refractivity contribution in [2.75, 3.05) is 0 Å². The van der Waals surface area contributed by atoms with E-state index in [1.807, 2.05) is 133 Å². The van der Waals surface area contributed by atoms with Crippen molar-refractivity contribution in [1.29, 1.82) is 0 Å². The molecule has 12 rings (SSSR count). The standard InChI is InChI=1S/C17H11N3.C15H11N3.C12H8N2.C10H8N2/c1-2-10-18-14(5-1)15-9-8-13-7-6-12-4-3-11-19-16(12)17(13)20-15;1-3-10-16-12(6-1)14-8-5-9-15(18-14)13-7-2-4-11-17-13;1-3-9-5-6-10-4-2-8-14-12(10)11(9)13-7-1;1-3-7-11-9(5-1)10-6-2-4-8-12-10/h1-11H;1-11H;1-8H;1-8H. The Hall–Kier alpha value is -9.02. The van der Waals surface area contributed by atoms with Crippen LogP contribution in [0.5, 0.6) is 0 Å². The molecular weight excluding hydrogens is 789 g/mol. The van der Waals surface area contributed by atoms with Gasteiger partial charge in [0.1, 0.15) is 0 Å². The smallest absolute Gasteiger partial charge is 0.0972 e. The molecule has 0 amide bonds. The summed E-state index contributed by atoms with van der Waals surface area (Å²) in [5, 5.41) is 4.47. The molecule has 0 fully saturated rings. The van der Waals surface area contributed by atoms with Crippen LogP contribution in [-0.4, -0.2) is 49.8 Å². The predicted octanol–water partition coefficient (Wildman–Crippen LogP) is 12.0. The lowest BCUT2D eigenvalue weighted by Crippen LogP contribution is -1.90. The maximum Gasteiger partial charge on any atom is 0.0972 e. The van der Waals surface area contributed by atoms with Crippen molar-refractivity contribution in [2.45, 2.75) is 0 Å². The van der Waals surface area contributed by atoms with E-state index in [0.717, 1.165) is 89.2 Å². The molecule has 0 aliphatic rings. The molecule has 10 aromatic heterocycles. The van der Waals surface area contributed by atoms with Crippen LogP contribution in [0.25, 0.3) is 89.2 Å². The minimum Gasteiger partial charge on any atom is -0.255 e. The van der Waals surface area contributed by atoms with Crippen LogP contribution >= 0.6 is 0 Å². The molecule has 10 heterocycles. The highest BCUT2D eigenvalue weighted by Crippen LogP contribution is 2.25. The second-order valence-electron chi connectivity index (χ2n) is 14.1. The Bertz CT molecular complexity index is 3230. The van der Waals surface area contributed by atoms with Crippen molar-refractivity contribution in [3.63, 3.8) is 0 Å². The highest BCUT2D eigenvalue weighted by Gasteiger charge is 2.07. The maximum absolute atomic E-state index is 4.75. The van der Waals surface area contributed by atoms with Gasteiger partial charge in [0.25, 0.3) is 0 Å². The Morgan fingerprint density at radius 2 is 0.453 bits per heavy atom. The Morgan fingerprint density at radius 1 is 0.172 bits per heavy atom. The molecule has 0 radical (unpaired) electrons. The molecular formula is C54H38N10. The Kier molecular flexibility index (Phi) is 12.6. The van der Waals surface area contributed by atoms with Gasteiger partial charge in [-0.1, -0.05) is 84.9 Å². The van der Waals surface area contributed by atoms with E-state index < -0.39 is 0 Å². The zero-order chi connectivity index (χ0) is 43.2. The zero-order valence-electron chi connectivity index (χ0n) is 34.4. The van der Waals surface area contributed by atoms with E-state index in [0.29, 0.717) is 0 Å². The molecule has 10 heteroatoms. The fraction of sp³-hybridized carbons (Fsp3) is 0. The largest absolute Gasteiger partial charge is 0.255 e. The summed E-state index contributed by atoms with van der Waals surface area (Å²) in [4.78, 5) is 43.8. The van der Waals surface area contributed by atoms with Crippen molar-refractivity contribution in [3.8, 4) is 45.6 Å². The fourth-order valence-corrected chi connectivity index (χ4v) is 6.84. The summed E-state index contributed by atoms with van der Waals surface area (Å²) in [5.74, 6) is 0. The van der Waals surface area contributed by atoms with Gasteiger partial charge in [0.05, 0.1) is 67.6 Å².